The predicted molar refractivity (Wildman–Crippen MR) is 72.8 cm³/mol. The van der Waals surface area contributed by atoms with Gasteiger partial charge in [0.15, 0.2) is 0 Å². The van der Waals surface area contributed by atoms with Gasteiger partial charge in [-0.3, -0.25) is 0 Å². The summed E-state index contributed by atoms with van der Waals surface area (Å²) in [5.74, 6) is -1.10. The molecule has 1 aromatic rings. The average molecular weight is 302 g/mol. The summed E-state index contributed by atoms with van der Waals surface area (Å²) in [4.78, 5) is 18.5. The Bertz CT molecular complexity index is 586. The van der Waals surface area contributed by atoms with E-state index in [1.165, 1.54) is 12.5 Å². The zero-order chi connectivity index (χ0) is 15.4. The maximum Gasteiger partial charge on any atom is 0.339 e. The zero-order valence-electron chi connectivity index (χ0n) is 11.5. The topological polar surface area (TPSA) is 121 Å². The van der Waals surface area contributed by atoms with Gasteiger partial charge in [0.05, 0.1) is 11.9 Å². The van der Waals surface area contributed by atoms with Crippen LogP contribution in [0.2, 0.25) is 0 Å². The molecule has 0 atom stereocenters. The Morgan fingerprint density at radius 2 is 2.10 bits per heavy atom. The molecule has 0 fully saturated rings. The second-order valence-corrected chi connectivity index (χ2v) is 6.80. The van der Waals surface area contributed by atoms with Crippen LogP contribution < -0.4 is 10.0 Å². The lowest BCUT2D eigenvalue weighted by Crippen LogP contribution is -2.49. The molecule has 9 heteroatoms. The van der Waals surface area contributed by atoms with Crippen LogP contribution in [0.25, 0.3) is 0 Å². The molecule has 0 spiro atoms. The van der Waals surface area contributed by atoms with Gasteiger partial charge in [0, 0.05) is 24.8 Å². The predicted octanol–water partition coefficient (Wildman–Crippen LogP) is -0.408. The quantitative estimate of drug-likeness (QED) is 0.626. The first-order valence-corrected chi connectivity index (χ1v) is 7.72. The molecule has 20 heavy (non-hydrogen) atoms. The van der Waals surface area contributed by atoms with Crippen LogP contribution in [0.15, 0.2) is 12.5 Å². The molecule has 0 saturated heterocycles. The minimum absolute atomic E-state index is 0.0221. The van der Waals surface area contributed by atoms with E-state index in [4.69, 9.17) is 5.11 Å². The first-order chi connectivity index (χ1) is 9.11. The van der Waals surface area contributed by atoms with E-state index >= 15 is 0 Å². The number of carbonyl (C=O) groups is 1. The highest BCUT2D eigenvalue weighted by atomic mass is 32.2. The van der Waals surface area contributed by atoms with Crippen LogP contribution in [0.3, 0.4) is 0 Å². The van der Waals surface area contributed by atoms with Gasteiger partial charge in [-0.25, -0.2) is 27.9 Å². The third-order valence-corrected chi connectivity index (χ3v) is 3.27. The van der Waals surface area contributed by atoms with Gasteiger partial charge in [-0.1, -0.05) is 0 Å². The Hall–Kier alpha value is -1.58. The monoisotopic (exact) mass is 302 g/mol. The maximum atomic E-state index is 11.2. The lowest BCUT2D eigenvalue weighted by molar-refractivity contribution is 0.0694. The summed E-state index contributed by atoms with van der Waals surface area (Å²) in [5, 5.41) is 12.0. The van der Waals surface area contributed by atoms with Gasteiger partial charge in [-0.2, -0.15) is 0 Å². The Labute approximate surface area is 117 Å². The van der Waals surface area contributed by atoms with Crippen LogP contribution in [0.4, 0.5) is 0 Å². The first kappa shape index (κ1) is 16.5. The number of carboxylic acid groups (broad SMARTS) is 1. The van der Waals surface area contributed by atoms with E-state index in [2.05, 4.69) is 20.0 Å². The second kappa shape index (κ2) is 6.25. The molecule has 1 aromatic heterocycles. The van der Waals surface area contributed by atoms with E-state index < -0.39 is 21.5 Å². The number of hydrogen-bond acceptors (Lipinski definition) is 6. The molecule has 1 heterocycles. The lowest BCUT2D eigenvalue weighted by Gasteiger charge is -2.25. The van der Waals surface area contributed by atoms with Crippen molar-refractivity contribution in [1.82, 2.24) is 20.0 Å². The zero-order valence-corrected chi connectivity index (χ0v) is 12.4. The molecule has 0 unspecified atom stereocenters. The highest BCUT2D eigenvalue weighted by Gasteiger charge is 2.22. The number of nitrogens with one attached hydrogen (secondary N) is 2. The summed E-state index contributed by atoms with van der Waals surface area (Å²) in [6.45, 7) is 3.97. The van der Waals surface area contributed by atoms with Crippen LogP contribution in [-0.4, -0.2) is 47.8 Å². The van der Waals surface area contributed by atoms with E-state index in [-0.39, 0.29) is 12.1 Å². The molecule has 0 bridgehead atoms. The molecule has 0 amide bonds. The molecule has 3 N–H and O–H groups in total. The third kappa shape index (κ3) is 5.59. The second-order valence-electron chi connectivity index (χ2n) is 5.05. The van der Waals surface area contributed by atoms with Gasteiger partial charge in [0.25, 0.3) is 0 Å². The number of aromatic nitrogens is 2. The van der Waals surface area contributed by atoms with Crippen LogP contribution in [0, 0.1) is 0 Å². The van der Waals surface area contributed by atoms with Crippen molar-refractivity contribution in [1.29, 1.82) is 0 Å². The molecule has 112 valence electrons. The summed E-state index contributed by atoms with van der Waals surface area (Å²) in [6.07, 6.45) is 3.58. The van der Waals surface area contributed by atoms with Crippen molar-refractivity contribution in [2.24, 2.45) is 0 Å². The summed E-state index contributed by atoms with van der Waals surface area (Å²) in [5.41, 5.74) is -0.319. The Kier molecular flexibility index (Phi) is 5.15. The van der Waals surface area contributed by atoms with Gasteiger partial charge >= 0.3 is 5.97 Å². The average Bonchev–Trinajstić information content (AvgIpc) is 2.25. The van der Waals surface area contributed by atoms with Crippen molar-refractivity contribution in [3.05, 3.63) is 23.8 Å². The minimum Gasteiger partial charge on any atom is -0.478 e. The summed E-state index contributed by atoms with van der Waals surface area (Å²) < 4.78 is 24.9. The van der Waals surface area contributed by atoms with Crippen molar-refractivity contribution in [3.8, 4) is 0 Å². The van der Waals surface area contributed by atoms with Crippen molar-refractivity contribution >= 4 is 16.0 Å². The standard InChI is InChI=1S/C11H18N4O4S/c1-11(2,15-20(3,18)19)6-12-5-9-8(10(16)17)4-13-7-14-9/h4,7,12,15H,5-6H2,1-3H3,(H,16,17). The van der Waals surface area contributed by atoms with Crippen LogP contribution in [0.1, 0.15) is 29.9 Å². The number of rotatable bonds is 7. The highest BCUT2D eigenvalue weighted by Crippen LogP contribution is 2.05. The van der Waals surface area contributed by atoms with E-state index in [1.807, 2.05) is 0 Å². The third-order valence-electron chi connectivity index (χ3n) is 2.35. The fourth-order valence-electron chi connectivity index (χ4n) is 1.71. The molecule has 0 aliphatic carbocycles. The molecule has 0 radical (unpaired) electrons. The fraction of sp³-hybridized carbons (Fsp3) is 0.545. The van der Waals surface area contributed by atoms with Crippen molar-refractivity contribution in [2.45, 2.75) is 25.9 Å². The maximum absolute atomic E-state index is 11.2. The number of carboxylic acids is 1. The van der Waals surface area contributed by atoms with Gasteiger partial charge in [-0.15, -0.1) is 0 Å². The van der Waals surface area contributed by atoms with E-state index in [0.29, 0.717) is 12.2 Å². The minimum atomic E-state index is -3.31. The molecule has 8 nitrogen and oxygen atoms in total. The molecular formula is C11H18N4O4S. The molecule has 0 aliphatic rings. The van der Waals surface area contributed by atoms with Gasteiger partial charge < -0.3 is 10.4 Å². The molecule has 1 rings (SSSR count). The van der Waals surface area contributed by atoms with E-state index in [9.17, 15) is 13.2 Å². The normalized spacial score (nSPS) is 12.3. The highest BCUT2D eigenvalue weighted by molar-refractivity contribution is 7.88. The van der Waals surface area contributed by atoms with Gasteiger partial charge in [0.1, 0.15) is 11.9 Å². The van der Waals surface area contributed by atoms with E-state index in [1.54, 1.807) is 13.8 Å². The van der Waals surface area contributed by atoms with Crippen LogP contribution in [-0.2, 0) is 16.6 Å². The molecular weight excluding hydrogens is 284 g/mol. The largest absolute Gasteiger partial charge is 0.478 e. The first-order valence-electron chi connectivity index (χ1n) is 5.82. The van der Waals surface area contributed by atoms with Gasteiger partial charge in [0.2, 0.25) is 10.0 Å². The number of hydrogen-bond donors (Lipinski definition) is 3. The Morgan fingerprint density at radius 1 is 1.45 bits per heavy atom. The summed E-state index contributed by atoms with van der Waals surface area (Å²) in [7, 11) is -3.31. The van der Waals surface area contributed by atoms with Gasteiger partial charge in [-0.05, 0) is 13.8 Å². The Balaban J connectivity index is 2.63. The van der Waals surface area contributed by atoms with Crippen LogP contribution in [0.5, 0.6) is 0 Å². The number of aromatic carboxylic acids is 1. The van der Waals surface area contributed by atoms with Crippen molar-refractivity contribution < 1.29 is 18.3 Å². The Morgan fingerprint density at radius 3 is 2.65 bits per heavy atom. The number of sulfonamides is 1. The van der Waals surface area contributed by atoms with Crippen molar-refractivity contribution in [3.63, 3.8) is 0 Å². The molecule has 0 saturated carbocycles. The molecule has 0 aliphatic heterocycles. The SMILES string of the molecule is CC(C)(CNCc1ncncc1C(=O)O)NS(C)(=O)=O. The fourth-order valence-corrected chi connectivity index (χ4v) is 2.78. The number of nitrogens with zero attached hydrogens (tertiary/aromatic N) is 2. The van der Waals surface area contributed by atoms with E-state index in [0.717, 1.165) is 6.26 Å². The molecule has 0 aromatic carbocycles. The van der Waals surface area contributed by atoms with Crippen molar-refractivity contribution in [2.75, 3.05) is 12.8 Å². The summed E-state index contributed by atoms with van der Waals surface area (Å²) in [6, 6.07) is 0. The lowest BCUT2D eigenvalue weighted by atomic mass is 10.1. The summed E-state index contributed by atoms with van der Waals surface area (Å²) >= 11 is 0. The van der Waals surface area contributed by atoms with Crippen LogP contribution >= 0.6 is 0 Å². The smallest absolute Gasteiger partial charge is 0.339 e.